The first-order valence-electron chi connectivity index (χ1n) is 8.56. The highest BCUT2D eigenvalue weighted by molar-refractivity contribution is 7.92. The van der Waals surface area contributed by atoms with Gasteiger partial charge in [-0.1, -0.05) is 13.0 Å². The van der Waals surface area contributed by atoms with Crippen molar-refractivity contribution in [2.45, 2.75) is 42.4 Å². The van der Waals surface area contributed by atoms with Gasteiger partial charge in [0.1, 0.15) is 0 Å². The normalized spacial score (nSPS) is 14.7. The van der Waals surface area contributed by atoms with Gasteiger partial charge in [-0.05, 0) is 73.2 Å². The fraction of sp³-hybridized carbons (Fsp3) is 0.333. The van der Waals surface area contributed by atoms with Gasteiger partial charge < -0.3 is 0 Å². The molecule has 0 saturated heterocycles. The van der Waals surface area contributed by atoms with E-state index in [0.717, 1.165) is 31.2 Å². The molecule has 1 aliphatic rings. The minimum absolute atomic E-state index is 0.0936. The van der Waals surface area contributed by atoms with Gasteiger partial charge in [0.15, 0.2) is 0 Å². The van der Waals surface area contributed by atoms with Crippen molar-refractivity contribution in [1.29, 1.82) is 0 Å². The number of aryl methyl sites for hydroxylation is 2. The van der Waals surface area contributed by atoms with Crippen molar-refractivity contribution in [2.75, 3.05) is 11.3 Å². The fourth-order valence-electron chi connectivity index (χ4n) is 3.07. The van der Waals surface area contributed by atoms with Crippen molar-refractivity contribution >= 4 is 25.7 Å². The second-order valence-electron chi connectivity index (χ2n) is 6.27. The lowest BCUT2D eigenvalue weighted by atomic mass is 9.92. The molecule has 0 atom stereocenters. The van der Waals surface area contributed by atoms with Crippen molar-refractivity contribution in [3.8, 4) is 0 Å². The highest BCUT2D eigenvalue weighted by Crippen LogP contribution is 2.25. The van der Waals surface area contributed by atoms with Crippen LogP contribution in [0.1, 0.15) is 30.9 Å². The van der Waals surface area contributed by atoms with Gasteiger partial charge >= 0.3 is 0 Å². The monoisotopic (exact) mass is 394 g/mol. The molecular formula is C18H22N2O4S2. The van der Waals surface area contributed by atoms with Gasteiger partial charge in [0.25, 0.3) is 10.0 Å². The summed E-state index contributed by atoms with van der Waals surface area (Å²) in [5.74, 6) is 0. The van der Waals surface area contributed by atoms with Gasteiger partial charge in [-0.15, -0.1) is 0 Å². The second-order valence-corrected chi connectivity index (χ2v) is 9.72. The van der Waals surface area contributed by atoms with Crippen LogP contribution in [0, 0.1) is 0 Å². The van der Waals surface area contributed by atoms with E-state index in [1.54, 1.807) is 19.1 Å². The first-order chi connectivity index (χ1) is 12.3. The quantitative estimate of drug-likeness (QED) is 0.788. The highest BCUT2D eigenvalue weighted by Gasteiger charge is 2.18. The Labute approximate surface area is 154 Å². The summed E-state index contributed by atoms with van der Waals surface area (Å²) in [6.45, 7) is 1.98. The third-order valence-corrected chi connectivity index (χ3v) is 7.32. The molecule has 0 aliphatic heterocycles. The third kappa shape index (κ3) is 4.08. The Morgan fingerprint density at radius 1 is 0.808 bits per heavy atom. The SMILES string of the molecule is CCNS(=O)(=O)c1ccc(NS(=O)(=O)c2ccc3c(c2)CCCC3)cc1. The number of fused-ring (bicyclic) bond motifs is 1. The lowest BCUT2D eigenvalue weighted by Gasteiger charge is -2.17. The maximum absolute atomic E-state index is 12.6. The van der Waals surface area contributed by atoms with Gasteiger partial charge in [-0.3, -0.25) is 4.72 Å². The number of hydrogen-bond donors (Lipinski definition) is 2. The molecule has 0 unspecified atom stereocenters. The molecule has 0 aromatic heterocycles. The van der Waals surface area contributed by atoms with E-state index >= 15 is 0 Å². The molecule has 140 valence electrons. The average molecular weight is 395 g/mol. The molecule has 2 aromatic carbocycles. The zero-order valence-electron chi connectivity index (χ0n) is 14.5. The lowest BCUT2D eigenvalue weighted by Crippen LogP contribution is -2.23. The van der Waals surface area contributed by atoms with Crippen molar-refractivity contribution in [3.05, 3.63) is 53.6 Å². The van der Waals surface area contributed by atoms with Gasteiger partial charge in [-0.2, -0.15) is 0 Å². The highest BCUT2D eigenvalue weighted by atomic mass is 32.2. The van der Waals surface area contributed by atoms with E-state index in [1.165, 1.54) is 29.8 Å². The third-order valence-electron chi connectivity index (χ3n) is 4.38. The summed E-state index contributed by atoms with van der Waals surface area (Å²) >= 11 is 0. The molecule has 2 aromatic rings. The first kappa shape index (κ1) is 18.9. The molecule has 0 saturated carbocycles. The van der Waals surface area contributed by atoms with E-state index in [9.17, 15) is 16.8 Å². The van der Waals surface area contributed by atoms with E-state index in [2.05, 4.69) is 9.44 Å². The topological polar surface area (TPSA) is 92.3 Å². The van der Waals surface area contributed by atoms with Crippen molar-refractivity contribution in [1.82, 2.24) is 4.72 Å². The molecule has 0 amide bonds. The Morgan fingerprint density at radius 2 is 1.42 bits per heavy atom. The Hall–Kier alpha value is -1.90. The van der Waals surface area contributed by atoms with E-state index in [4.69, 9.17) is 0 Å². The molecule has 0 bridgehead atoms. The van der Waals surface area contributed by atoms with Crippen LogP contribution in [0.4, 0.5) is 5.69 Å². The number of rotatable bonds is 6. The van der Waals surface area contributed by atoms with Crippen LogP contribution in [0.5, 0.6) is 0 Å². The molecule has 0 fully saturated rings. The largest absolute Gasteiger partial charge is 0.280 e. The molecule has 0 heterocycles. The van der Waals surface area contributed by atoms with Crippen LogP contribution in [0.15, 0.2) is 52.3 Å². The predicted octanol–water partition coefficient (Wildman–Crippen LogP) is 2.66. The first-order valence-corrected chi connectivity index (χ1v) is 11.5. The minimum Gasteiger partial charge on any atom is -0.280 e. The average Bonchev–Trinajstić information content (AvgIpc) is 2.61. The van der Waals surface area contributed by atoms with Crippen molar-refractivity contribution in [2.24, 2.45) is 0 Å². The van der Waals surface area contributed by atoms with Crippen LogP contribution >= 0.6 is 0 Å². The second kappa shape index (κ2) is 7.38. The maximum atomic E-state index is 12.6. The van der Waals surface area contributed by atoms with Gasteiger partial charge in [0.2, 0.25) is 10.0 Å². The van der Waals surface area contributed by atoms with Crippen molar-refractivity contribution < 1.29 is 16.8 Å². The molecule has 8 heteroatoms. The van der Waals surface area contributed by atoms with Gasteiger partial charge in [0, 0.05) is 12.2 Å². The number of sulfonamides is 2. The summed E-state index contributed by atoms with van der Waals surface area (Å²) in [5.41, 5.74) is 2.62. The summed E-state index contributed by atoms with van der Waals surface area (Å²) in [7, 11) is -7.28. The zero-order valence-corrected chi connectivity index (χ0v) is 16.2. The Bertz CT molecular complexity index is 998. The van der Waals surface area contributed by atoms with E-state index in [1.807, 2.05) is 6.07 Å². The van der Waals surface area contributed by atoms with Crippen LogP contribution < -0.4 is 9.44 Å². The molecule has 0 spiro atoms. The molecule has 0 radical (unpaired) electrons. The van der Waals surface area contributed by atoms with Crippen LogP contribution in [-0.4, -0.2) is 23.4 Å². The zero-order chi connectivity index (χ0) is 18.8. The van der Waals surface area contributed by atoms with Gasteiger partial charge in [-0.25, -0.2) is 21.6 Å². The molecular weight excluding hydrogens is 372 g/mol. The predicted molar refractivity (Wildman–Crippen MR) is 101 cm³/mol. The minimum atomic E-state index is -3.72. The summed E-state index contributed by atoms with van der Waals surface area (Å²) in [6.07, 6.45) is 4.10. The number of nitrogens with one attached hydrogen (secondary N) is 2. The van der Waals surface area contributed by atoms with E-state index in [0.29, 0.717) is 5.69 Å². The van der Waals surface area contributed by atoms with Crippen LogP contribution in [-0.2, 0) is 32.9 Å². The maximum Gasteiger partial charge on any atom is 0.261 e. The number of hydrogen-bond acceptors (Lipinski definition) is 4. The van der Waals surface area contributed by atoms with Crippen LogP contribution in [0.3, 0.4) is 0 Å². The number of anilines is 1. The summed E-state index contributed by atoms with van der Waals surface area (Å²) < 4.78 is 54.0. The summed E-state index contributed by atoms with van der Waals surface area (Å²) in [5, 5.41) is 0. The molecule has 26 heavy (non-hydrogen) atoms. The van der Waals surface area contributed by atoms with Crippen molar-refractivity contribution in [3.63, 3.8) is 0 Å². The lowest BCUT2D eigenvalue weighted by molar-refractivity contribution is 0.584. The Kier molecular flexibility index (Phi) is 5.36. The van der Waals surface area contributed by atoms with E-state index < -0.39 is 20.0 Å². The fourth-order valence-corrected chi connectivity index (χ4v) is 5.22. The number of benzene rings is 2. The standard InChI is InChI=1S/C18H22N2O4S2/c1-2-19-25(21,22)17-11-8-16(9-12-17)20-26(23,24)18-10-7-14-5-3-4-6-15(14)13-18/h7-13,19-20H,2-6H2,1H3. The molecule has 6 nitrogen and oxygen atoms in total. The summed E-state index contributed by atoms with van der Waals surface area (Å²) in [6, 6.07) is 10.9. The molecule has 3 rings (SSSR count). The Morgan fingerprint density at radius 3 is 2.08 bits per heavy atom. The molecule has 1 aliphatic carbocycles. The van der Waals surface area contributed by atoms with Crippen LogP contribution in [0.25, 0.3) is 0 Å². The Balaban J connectivity index is 1.81. The smallest absolute Gasteiger partial charge is 0.261 e. The van der Waals surface area contributed by atoms with Gasteiger partial charge in [0.05, 0.1) is 9.79 Å². The van der Waals surface area contributed by atoms with E-state index in [-0.39, 0.29) is 16.3 Å². The summed E-state index contributed by atoms with van der Waals surface area (Å²) in [4.78, 5) is 0.318. The van der Waals surface area contributed by atoms with Crippen LogP contribution in [0.2, 0.25) is 0 Å². The molecule has 2 N–H and O–H groups in total.